The zero-order valence-electron chi connectivity index (χ0n) is 4.47. The van der Waals surface area contributed by atoms with Crippen molar-refractivity contribution in [3.05, 3.63) is 0 Å². The van der Waals surface area contributed by atoms with Gasteiger partial charge >= 0.3 is 0 Å². The SMILES string of the molecule is CCP([O-])(=S)NC. The highest BCUT2D eigenvalue weighted by Crippen LogP contribution is 2.26. The second-order valence-electron chi connectivity index (χ2n) is 1.21. The van der Waals surface area contributed by atoms with Gasteiger partial charge in [0.15, 0.2) is 0 Å². The van der Waals surface area contributed by atoms with Crippen molar-refractivity contribution in [3.8, 4) is 0 Å². The molecular formula is C3H9NOPS-. The van der Waals surface area contributed by atoms with E-state index in [0.717, 1.165) is 0 Å². The first kappa shape index (κ1) is 7.57. The Labute approximate surface area is 49.1 Å². The lowest BCUT2D eigenvalue weighted by Gasteiger charge is -2.24. The van der Waals surface area contributed by atoms with Crippen LogP contribution in [0.15, 0.2) is 0 Å². The van der Waals surface area contributed by atoms with Gasteiger partial charge in [-0.2, -0.15) is 0 Å². The summed E-state index contributed by atoms with van der Waals surface area (Å²) in [5.74, 6) is 0. The molecule has 0 aliphatic rings. The van der Waals surface area contributed by atoms with Crippen molar-refractivity contribution >= 4 is 18.2 Å². The molecule has 0 aliphatic carbocycles. The Balaban J connectivity index is 3.61. The fourth-order valence-corrected chi connectivity index (χ4v) is 0.474. The summed E-state index contributed by atoms with van der Waals surface area (Å²) in [5.41, 5.74) is 0. The van der Waals surface area contributed by atoms with Crippen molar-refractivity contribution in [2.24, 2.45) is 0 Å². The van der Waals surface area contributed by atoms with Crippen LogP contribution in [0, 0.1) is 0 Å². The van der Waals surface area contributed by atoms with Crippen LogP contribution in [-0.2, 0) is 11.8 Å². The van der Waals surface area contributed by atoms with Gasteiger partial charge in [0, 0.05) is 0 Å². The number of hydrogen-bond donors (Lipinski definition) is 1. The summed E-state index contributed by atoms with van der Waals surface area (Å²) in [4.78, 5) is 10.7. The Kier molecular flexibility index (Phi) is 3.00. The molecular weight excluding hydrogens is 129 g/mol. The van der Waals surface area contributed by atoms with Gasteiger partial charge in [-0.25, -0.2) is 0 Å². The van der Waals surface area contributed by atoms with Crippen molar-refractivity contribution in [1.29, 1.82) is 0 Å². The molecule has 0 saturated heterocycles. The second-order valence-corrected chi connectivity index (χ2v) is 5.41. The van der Waals surface area contributed by atoms with Gasteiger partial charge in [-0.1, -0.05) is 25.1 Å². The maximum atomic E-state index is 10.7. The molecule has 0 spiro atoms. The fourth-order valence-electron chi connectivity index (χ4n) is 0.158. The molecule has 1 N–H and O–H groups in total. The highest BCUT2D eigenvalue weighted by Gasteiger charge is 1.88. The van der Waals surface area contributed by atoms with Gasteiger partial charge in [0.2, 0.25) is 0 Å². The van der Waals surface area contributed by atoms with Gasteiger partial charge in [-0.15, -0.1) is 0 Å². The number of rotatable bonds is 2. The molecule has 0 aromatic heterocycles. The van der Waals surface area contributed by atoms with Crippen LogP contribution in [0.4, 0.5) is 0 Å². The largest absolute Gasteiger partial charge is 0.810 e. The molecule has 0 radical (unpaired) electrons. The van der Waals surface area contributed by atoms with Crippen LogP contribution in [0.1, 0.15) is 6.92 Å². The van der Waals surface area contributed by atoms with E-state index < -0.39 is 6.42 Å². The molecule has 0 heterocycles. The molecule has 0 amide bonds. The molecule has 4 heteroatoms. The second kappa shape index (κ2) is 2.78. The zero-order chi connectivity index (χ0) is 5.91. The van der Waals surface area contributed by atoms with Gasteiger partial charge < -0.3 is 9.98 Å². The van der Waals surface area contributed by atoms with Gasteiger partial charge in [-0.05, 0) is 13.2 Å². The van der Waals surface area contributed by atoms with E-state index in [-0.39, 0.29) is 0 Å². The van der Waals surface area contributed by atoms with Crippen LogP contribution in [0.2, 0.25) is 0 Å². The summed E-state index contributed by atoms with van der Waals surface area (Å²) in [6.45, 7) is 1.81. The normalized spacial score (nSPS) is 18.7. The lowest BCUT2D eigenvalue weighted by molar-refractivity contribution is -0.163. The Morgan fingerprint density at radius 3 is 2.29 bits per heavy atom. The quantitative estimate of drug-likeness (QED) is 0.541. The minimum atomic E-state index is -2.32. The third-order valence-corrected chi connectivity index (χ3v) is 3.59. The Morgan fingerprint density at radius 1 is 1.86 bits per heavy atom. The standard InChI is InChI=1S/C3H10NOPS/c1-3-6(5,7)4-2/h3H2,1-2H3,(H2,4,5,7)/p-1. The Hall–Kier alpha value is 0.570. The average Bonchev–Trinajstić information content (AvgIpc) is 1.68. The molecule has 1 unspecified atom stereocenters. The smallest absolute Gasteiger partial charge is 0.0129 e. The summed E-state index contributed by atoms with van der Waals surface area (Å²) in [7, 11) is 1.62. The molecule has 0 aromatic rings. The molecule has 7 heavy (non-hydrogen) atoms. The van der Waals surface area contributed by atoms with E-state index in [0.29, 0.717) is 6.16 Å². The Morgan fingerprint density at radius 2 is 2.29 bits per heavy atom. The molecule has 0 saturated carbocycles. The first-order valence-corrected chi connectivity index (χ1v) is 5.02. The number of hydrogen-bond acceptors (Lipinski definition) is 2. The van der Waals surface area contributed by atoms with E-state index in [9.17, 15) is 4.89 Å². The van der Waals surface area contributed by atoms with Crippen molar-refractivity contribution < 1.29 is 4.89 Å². The molecule has 2 nitrogen and oxygen atoms in total. The van der Waals surface area contributed by atoms with E-state index in [1.54, 1.807) is 7.05 Å². The molecule has 0 aromatic carbocycles. The Bertz CT molecular complexity index is 86.9. The fraction of sp³-hybridized carbons (Fsp3) is 1.00. The molecule has 0 fully saturated rings. The maximum Gasteiger partial charge on any atom is -0.0129 e. The summed E-state index contributed by atoms with van der Waals surface area (Å²) >= 11 is 4.59. The van der Waals surface area contributed by atoms with Crippen molar-refractivity contribution in [1.82, 2.24) is 5.09 Å². The first-order valence-electron chi connectivity index (χ1n) is 2.11. The summed E-state index contributed by atoms with van der Waals surface area (Å²) in [5, 5.41) is 2.56. The summed E-state index contributed by atoms with van der Waals surface area (Å²) < 4.78 is 0. The van der Waals surface area contributed by atoms with Crippen LogP contribution in [0.3, 0.4) is 0 Å². The highest BCUT2D eigenvalue weighted by molar-refractivity contribution is 8.10. The van der Waals surface area contributed by atoms with Crippen LogP contribution >= 0.6 is 6.42 Å². The minimum Gasteiger partial charge on any atom is -0.810 e. The molecule has 0 bridgehead atoms. The monoisotopic (exact) mass is 138 g/mol. The lowest BCUT2D eigenvalue weighted by atomic mass is 11.0. The number of nitrogens with one attached hydrogen (secondary N) is 1. The third-order valence-electron chi connectivity index (χ3n) is 0.757. The molecule has 1 atom stereocenters. The van der Waals surface area contributed by atoms with Crippen molar-refractivity contribution in [3.63, 3.8) is 0 Å². The average molecular weight is 138 g/mol. The minimum absolute atomic E-state index is 0.554. The summed E-state index contributed by atoms with van der Waals surface area (Å²) in [6.07, 6.45) is -1.77. The predicted octanol–water partition coefficient (Wildman–Crippen LogP) is -0.105. The molecule has 44 valence electrons. The van der Waals surface area contributed by atoms with Crippen molar-refractivity contribution in [2.75, 3.05) is 13.2 Å². The topological polar surface area (TPSA) is 35.1 Å². The van der Waals surface area contributed by atoms with Gasteiger partial charge in [0.05, 0.1) is 0 Å². The first-order chi connectivity index (χ1) is 3.12. The molecule has 0 rings (SSSR count). The maximum absolute atomic E-state index is 10.7. The van der Waals surface area contributed by atoms with E-state index in [1.807, 2.05) is 6.92 Å². The van der Waals surface area contributed by atoms with Crippen LogP contribution < -0.4 is 9.98 Å². The van der Waals surface area contributed by atoms with Crippen LogP contribution in [0.25, 0.3) is 0 Å². The van der Waals surface area contributed by atoms with Crippen LogP contribution in [-0.4, -0.2) is 13.2 Å². The predicted molar refractivity (Wildman–Crippen MR) is 33.9 cm³/mol. The van der Waals surface area contributed by atoms with Gasteiger partial charge in [0.25, 0.3) is 0 Å². The zero-order valence-corrected chi connectivity index (χ0v) is 6.18. The van der Waals surface area contributed by atoms with Gasteiger partial charge in [-0.3, -0.25) is 0 Å². The van der Waals surface area contributed by atoms with Crippen molar-refractivity contribution in [2.45, 2.75) is 6.92 Å². The lowest BCUT2D eigenvalue weighted by Crippen LogP contribution is -2.15. The van der Waals surface area contributed by atoms with E-state index in [1.165, 1.54) is 0 Å². The third kappa shape index (κ3) is 3.18. The van der Waals surface area contributed by atoms with E-state index >= 15 is 0 Å². The van der Waals surface area contributed by atoms with E-state index in [4.69, 9.17) is 0 Å². The van der Waals surface area contributed by atoms with Gasteiger partial charge in [0.1, 0.15) is 0 Å². The summed E-state index contributed by atoms with van der Waals surface area (Å²) in [6, 6.07) is 0. The highest BCUT2D eigenvalue weighted by atomic mass is 32.4. The van der Waals surface area contributed by atoms with E-state index in [2.05, 4.69) is 16.9 Å². The van der Waals surface area contributed by atoms with Crippen LogP contribution in [0.5, 0.6) is 0 Å². The molecule has 0 aliphatic heterocycles.